The van der Waals surface area contributed by atoms with E-state index in [0.29, 0.717) is 22.0 Å². The minimum atomic E-state index is -3.80. The highest BCUT2D eigenvalue weighted by atomic mass is 35.5. The highest BCUT2D eigenvalue weighted by Crippen LogP contribution is 2.35. The largest absolute Gasteiger partial charge is 0.321 e. The van der Waals surface area contributed by atoms with Crippen molar-refractivity contribution in [2.45, 2.75) is 18.2 Å². The molecule has 0 fully saturated rings. The van der Waals surface area contributed by atoms with Gasteiger partial charge in [-0.1, -0.05) is 48.1 Å². The molecule has 7 nitrogen and oxygen atoms in total. The molecule has 154 valence electrons. The summed E-state index contributed by atoms with van der Waals surface area (Å²) in [6.07, 6.45) is 0.678. The Morgan fingerprint density at radius 3 is 2.47 bits per heavy atom. The average Bonchev–Trinajstić information content (AvgIpc) is 3.32. The van der Waals surface area contributed by atoms with Gasteiger partial charge in [0.2, 0.25) is 5.13 Å². The predicted molar refractivity (Wildman–Crippen MR) is 121 cm³/mol. The van der Waals surface area contributed by atoms with Gasteiger partial charge in [-0.05, 0) is 36.8 Å². The summed E-state index contributed by atoms with van der Waals surface area (Å²) in [5.41, 5.74) is 0.455. The van der Waals surface area contributed by atoms with Gasteiger partial charge in [0.1, 0.15) is 9.88 Å². The highest BCUT2D eigenvalue weighted by Gasteiger charge is 2.19. The van der Waals surface area contributed by atoms with Gasteiger partial charge >= 0.3 is 0 Å². The summed E-state index contributed by atoms with van der Waals surface area (Å²) < 4.78 is 28.4. The minimum absolute atomic E-state index is 0.0497. The molecule has 0 saturated carbocycles. The molecular weight excluding hydrogens is 464 g/mol. The number of amides is 1. The number of nitrogens with zero attached hydrogens (tertiary/aromatic N) is 2. The van der Waals surface area contributed by atoms with Gasteiger partial charge in [0.25, 0.3) is 15.9 Å². The number of fused-ring (bicyclic) bond motifs is 1. The molecule has 0 radical (unpaired) electrons. The lowest BCUT2D eigenvalue weighted by Gasteiger charge is -2.07. The standard InChI is InChI=1S/C19H15ClN4O3S3/c1-2-15-22-23-19(29-15)24-30(26,27)12-9-7-11(8-10-12)21-18(25)17-16(20)13-5-3-4-6-14(13)28-17/h3-10H,2H2,1H3,(H,21,25)(H,23,24). The fourth-order valence-electron chi connectivity index (χ4n) is 2.68. The van der Waals surface area contributed by atoms with E-state index in [4.69, 9.17) is 11.6 Å². The Bertz CT molecular complexity index is 1330. The van der Waals surface area contributed by atoms with Crippen molar-refractivity contribution in [3.05, 3.63) is 63.4 Å². The van der Waals surface area contributed by atoms with Crippen LogP contribution in [0.15, 0.2) is 53.4 Å². The minimum Gasteiger partial charge on any atom is -0.321 e. The van der Waals surface area contributed by atoms with Crippen LogP contribution in [-0.4, -0.2) is 24.5 Å². The Morgan fingerprint density at radius 2 is 1.80 bits per heavy atom. The molecule has 30 heavy (non-hydrogen) atoms. The average molecular weight is 479 g/mol. The number of anilines is 2. The van der Waals surface area contributed by atoms with E-state index in [-0.39, 0.29) is 15.9 Å². The molecule has 0 atom stereocenters. The third-order valence-electron chi connectivity index (χ3n) is 4.15. The zero-order valence-electron chi connectivity index (χ0n) is 15.5. The third kappa shape index (κ3) is 4.17. The second-order valence-corrected chi connectivity index (χ2v) is 10.4. The Balaban J connectivity index is 1.50. The van der Waals surface area contributed by atoms with E-state index in [0.717, 1.165) is 15.1 Å². The number of halogens is 1. The SMILES string of the molecule is CCc1nnc(NS(=O)(=O)c2ccc(NC(=O)c3sc4ccccc4c3Cl)cc2)s1. The second kappa shape index (κ2) is 8.31. The molecule has 11 heteroatoms. The maximum atomic E-state index is 12.6. The van der Waals surface area contributed by atoms with Crippen LogP contribution >= 0.6 is 34.3 Å². The van der Waals surface area contributed by atoms with Crippen LogP contribution in [0.4, 0.5) is 10.8 Å². The lowest BCUT2D eigenvalue weighted by molar-refractivity contribution is 0.103. The summed E-state index contributed by atoms with van der Waals surface area (Å²) in [6.45, 7) is 1.91. The van der Waals surface area contributed by atoms with Crippen molar-refractivity contribution in [1.82, 2.24) is 10.2 Å². The van der Waals surface area contributed by atoms with Crippen LogP contribution in [-0.2, 0) is 16.4 Å². The number of aromatic nitrogens is 2. The van der Waals surface area contributed by atoms with Gasteiger partial charge in [-0.3, -0.25) is 9.52 Å². The smallest absolute Gasteiger partial charge is 0.267 e. The Morgan fingerprint density at radius 1 is 1.07 bits per heavy atom. The summed E-state index contributed by atoms with van der Waals surface area (Å²) in [5.74, 6) is -0.351. The summed E-state index contributed by atoms with van der Waals surface area (Å²) in [4.78, 5) is 13.1. The predicted octanol–water partition coefficient (Wildman–Crippen LogP) is 5.02. The van der Waals surface area contributed by atoms with Crippen LogP contribution in [0.5, 0.6) is 0 Å². The van der Waals surface area contributed by atoms with E-state index >= 15 is 0 Å². The van der Waals surface area contributed by atoms with Crippen molar-refractivity contribution in [3.8, 4) is 0 Å². The first-order valence-corrected chi connectivity index (χ1v) is 12.3. The van der Waals surface area contributed by atoms with E-state index in [1.807, 2.05) is 31.2 Å². The molecule has 2 heterocycles. The van der Waals surface area contributed by atoms with Crippen molar-refractivity contribution < 1.29 is 13.2 Å². The third-order valence-corrected chi connectivity index (χ3v) is 8.30. The Labute approximate surface area is 185 Å². The molecule has 0 aliphatic rings. The Hall–Kier alpha value is -2.53. The molecule has 4 rings (SSSR count). The lowest BCUT2D eigenvalue weighted by atomic mass is 10.2. The quantitative estimate of drug-likeness (QED) is 0.405. The first-order chi connectivity index (χ1) is 14.4. The first-order valence-electron chi connectivity index (χ1n) is 8.81. The van der Waals surface area contributed by atoms with Gasteiger partial charge in [0.15, 0.2) is 0 Å². The summed E-state index contributed by atoms with van der Waals surface area (Å²) >= 11 is 8.83. The van der Waals surface area contributed by atoms with E-state index in [1.165, 1.54) is 46.9 Å². The first kappa shape index (κ1) is 20.7. The lowest BCUT2D eigenvalue weighted by Crippen LogP contribution is -2.14. The zero-order valence-corrected chi connectivity index (χ0v) is 18.8. The van der Waals surface area contributed by atoms with Gasteiger partial charge in [0.05, 0.1) is 9.92 Å². The maximum absolute atomic E-state index is 12.6. The number of benzene rings is 2. The number of nitrogens with one attached hydrogen (secondary N) is 2. The zero-order chi connectivity index (χ0) is 21.3. The van der Waals surface area contributed by atoms with Crippen molar-refractivity contribution in [1.29, 1.82) is 0 Å². The van der Waals surface area contributed by atoms with Crippen LogP contribution in [0.2, 0.25) is 5.02 Å². The van der Waals surface area contributed by atoms with Crippen LogP contribution < -0.4 is 10.0 Å². The van der Waals surface area contributed by atoms with E-state index < -0.39 is 10.0 Å². The van der Waals surface area contributed by atoms with E-state index in [9.17, 15) is 13.2 Å². The van der Waals surface area contributed by atoms with E-state index in [1.54, 1.807) is 0 Å². The summed E-state index contributed by atoms with van der Waals surface area (Å²) in [7, 11) is -3.80. The number of hydrogen-bond donors (Lipinski definition) is 2. The van der Waals surface area contributed by atoms with Crippen LogP contribution in [0.1, 0.15) is 21.6 Å². The number of thiophene rings is 1. The number of aryl methyl sites for hydroxylation is 1. The molecular formula is C19H15ClN4O3S3. The number of sulfonamides is 1. The fraction of sp³-hybridized carbons (Fsp3) is 0.105. The maximum Gasteiger partial charge on any atom is 0.267 e. The van der Waals surface area contributed by atoms with Crippen LogP contribution in [0.25, 0.3) is 10.1 Å². The summed E-state index contributed by atoms with van der Waals surface area (Å²) in [6, 6.07) is 13.4. The van der Waals surface area contributed by atoms with Crippen LogP contribution in [0.3, 0.4) is 0 Å². The molecule has 2 N–H and O–H groups in total. The van der Waals surface area contributed by atoms with Gasteiger partial charge in [-0.25, -0.2) is 8.42 Å². The van der Waals surface area contributed by atoms with Crippen molar-refractivity contribution in [3.63, 3.8) is 0 Å². The monoisotopic (exact) mass is 478 g/mol. The molecule has 2 aromatic heterocycles. The number of rotatable bonds is 6. The second-order valence-electron chi connectivity index (χ2n) is 6.18. The fourth-order valence-corrected chi connectivity index (χ4v) is 6.00. The van der Waals surface area contributed by atoms with Crippen molar-refractivity contribution in [2.24, 2.45) is 0 Å². The molecule has 0 spiro atoms. The normalized spacial score (nSPS) is 11.5. The summed E-state index contributed by atoms with van der Waals surface area (Å²) in [5, 5.41) is 12.6. The molecule has 0 saturated heterocycles. The number of carbonyl (C=O) groups is 1. The number of hydrogen-bond acceptors (Lipinski definition) is 7. The Kier molecular flexibility index (Phi) is 5.74. The van der Waals surface area contributed by atoms with Gasteiger partial charge in [-0.15, -0.1) is 21.5 Å². The molecule has 0 bridgehead atoms. The number of carbonyl (C=O) groups excluding carboxylic acids is 1. The molecule has 0 aliphatic heterocycles. The van der Waals surface area contributed by atoms with Gasteiger partial charge in [0, 0.05) is 15.8 Å². The molecule has 2 aromatic carbocycles. The highest BCUT2D eigenvalue weighted by molar-refractivity contribution is 7.93. The topological polar surface area (TPSA) is 101 Å². The molecule has 1 amide bonds. The molecule has 0 unspecified atom stereocenters. The van der Waals surface area contributed by atoms with E-state index in [2.05, 4.69) is 20.2 Å². The molecule has 4 aromatic rings. The molecule has 0 aliphatic carbocycles. The van der Waals surface area contributed by atoms with Crippen LogP contribution in [0, 0.1) is 0 Å². The van der Waals surface area contributed by atoms with Crippen molar-refractivity contribution in [2.75, 3.05) is 10.0 Å². The van der Waals surface area contributed by atoms with Crippen molar-refractivity contribution >= 4 is 71.1 Å². The van der Waals surface area contributed by atoms with Gasteiger partial charge in [-0.2, -0.15) is 0 Å². The van der Waals surface area contributed by atoms with Gasteiger partial charge < -0.3 is 5.32 Å².